The van der Waals surface area contributed by atoms with Gasteiger partial charge in [-0.1, -0.05) is 36.4 Å². The fourth-order valence-corrected chi connectivity index (χ4v) is 7.23. The van der Waals surface area contributed by atoms with Crippen LogP contribution in [0.3, 0.4) is 0 Å². The summed E-state index contributed by atoms with van der Waals surface area (Å²) in [4.78, 5) is 38.6. The average molecular weight is 539 g/mol. The molecule has 9 heteroatoms. The minimum atomic E-state index is 0.0426. The zero-order valence-corrected chi connectivity index (χ0v) is 22.3. The number of hydrogen-bond donors (Lipinski definition) is 2. The van der Waals surface area contributed by atoms with E-state index in [2.05, 4.69) is 69.5 Å². The van der Waals surface area contributed by atoms with Crippen LogP contribution in [-0.2, 0) is 22.4 Å². The summed E-state index contributed by atoms with van der Waals surface area (Å²) in [6.07, 6.45) is 3.66. The van der Waals surface area contributed by atoms with Crippen LogP contribution >= 0.6 is 28.5 Å². The van der Waals surface area contributed by atoms with Crippen molar-refractivity contribution in [1.29, 1.82) is 0 Å². The Kier molecular flexibility index (Phi) is 5.58. The smallest absolute Gasteiger partial charge is 0.146 e. The van der Waals surface area contributed by atoms with Gasteiger partial charge in [0, 0.05) is 43.6 Å². The summed E-state index contributed by atoms with van der Waals surface area (Å²) >= 11 is 1.78. The first-order chi connectivity index (χ1) is 18.2. The fraction of sp³-hybridized carbons (Fsp3) is 0.0714. The molecule has 6 nitrogen and oxygen atoms in total. The average Bonchev–Trinajstić information content (AvgIpc) is 3.66. The van der Waals surface area contributed by atoms with Gasteiger partial charge in [0.1, 0.15) is 23.2 Å². The maximum absolute atomic E-state index is 11.0. The molecule has 2 unspecified atom stereocenters. The number of rotatable bonds is 6. The quantitative estimate of drug-likeness (QED) is 0.214. The van der Waals surface area contributed by atoms with E-state index in [9.17, 15) is 9.59 Å². The van der Waals surface area contributed by atoms with Crippen molar-refractivity contribution in [3.05, 3.63) is 72.1 Å². The van der Waals surface area contributed by atoms with Crippen molar-refractivity contribution >= 4 is 72.5 Å². The highest BCUT2D eigenvalue weighted by molar-refractivity contribution is 7.62. The Hall–Kier alpha value is -3.50. The van der Waals surface area contributed by atoms with Crippen LogP contribution in [0.4, 0.5) is 0 Å². The Morgan fingerprint density at radius 3 is 2.57 bits per heavy atom. The van der Waals surface area contributed by atoms with Crippen LogP contribution in [0.15, 0.2) is 60.8 Å². The largest absolute Gasteiger partial charge is 0.341 e. The molecule has 0 saturated carbocycles. The Labute approximate surface area is 219 Å². The Morgan fingerprint density at radius 1 is 0.838 bits per heavy atom. The molecule has 0 aliphatic heterocycles. The van der Waals surface area contributed by atoms with Gasteiger partial charge in [0.2, 0.25) is 0 Å². The molecule has 6 aromatic rings. The maximum Gasteiger partial charge on any atom is 0.146 e. The van der Waals surface area contributed by atoms with E-state index in [-0.39, 0.29) is 17.2 Å². The molecule has 2 atom stereocenters. The predicted molar refractivity (Wildman–Crippen MR) is 157 cm³/mol. The minimum Gasteiger partial charge on any atom is -0.341 e. The highest BCUT2D eigenvalue weighted by atomic mass is 32.1. The van der Waals surface area contributed by atoms with Crippen molar-refractivity contribution in [3.8, 4) is 33.0 Å². The normalized spacial score (nSPS) is 13.2. The van der Waals surface area contributed by atoms with Gasteiger partial charge in [-0.2, -0.15) is 0 Å². The second kappa shape index (κ2) is 9.11. The van der Waals surface area contributed by atoms with Gasteiger partial charge in [-0.15, -0.1) is 11.3 Å². The first-order valence-electron chi connectivity index (χ1n) is 11.8. The van der Waals surface area contributed by atoms with Crippen LogP contribution < -0.4 is 11.1 Å². The molecule has 3 aromatic carbocycles. The fourth-order valence-electron chi connectivity index (χ4n) is 5.16. The third-order valence-electron chi connectivity index (χ3n) is 6.87. The van der Waals surface area contributed by atoms with Gasteiger partial charge in [0.25, 0.3) is 0 Å². The molecule has 0 bridgehead atoms. The summed E-state index contributed by atoms with van der Waals surface area (Å²) in [5.74, 6) is 0. The number of H-pyrrole nitrogens is 2. The summed E-state index contributed by atoms with van der Waals surface area (Å²) in [6.45, 7) is 0. The number of carbonyl (C=O) groups excluding carboxylic acids is 2. The predicted octanol–water partition coefficient (Wildman–Crippen LogP) is 5.59. The molecule has 3 heterocycles. The van der Waals surface area contributed by atoms with E-state index in [0.29, 0.717) is 5.57 Å². The van der Waals surface area contributed by atoms with Crippen LogP contribution in [0, 0.1) is 0 Å². The lowest BCUT2D eigenvalue weighted by molar-refractivity contribution is 0.569. The van der Waals surface area contributed by atoms with Gasteiger partial charge in [-0.05, 0) is 58.3 Å². The van der Waals surface area contributed by atoms with Crippen LogP contribution in [0.2, 0.25) is 0 Å². The van der Waals surface area contributed by atoms with Gasteiger partial charge >= 0.3 is 0 Å². The van der Waals surface area contributed by atoms with Crippen molar-refractivity contribution in [2.24, 2.45) is 0 Å². The highest BCUT2D eigenvalue weighted by Crippen LogP contribution is 2.40. The number of nitrogens with one attached hydrogen (secondary N) is 2. The van der Waals surface area contributed by atoms with Crippen molar-refractivity contribution in [2.75, 3.05) is 0 Å². The molecule has 180 valence electrons. The molecular formula is C28H20N4O2P2S. The van der Waals surface area contributed by atoms with E-state index in [1.165, 1.54) is 42.4 Å². The summed E-state index contributed by atoms with van der Waals surface area (Å²) in [5, 5.41) is 3.70. The lowest BCUT2D eigenvalue weighted by Crippen LogP contribution is -2.04. The first kappa shape index (κ1) is 22.7. The Bertz CT molecular complexity index is 1850. The second-order valence-corrected chi connectivity index (χ2v) is 12.1. The molecular weight excluding hydrogens is 518 g/mol. The molecule has 3 aromatic heterocycles. The molecule has 0 radical (unpaired) electrons. The third kappa shape index (κ3) is 3.95. The lowest BCUT2D eigenvalue weighted by atomic mass is 9.87. The number of thiophene rings is 1. The first-order valence-corrected chi connectivity index (χ1v) is 14.8. The van der Waals surface area contributed by atoms with Gasteiger partial charge < -0.3 is 9.97 Å². The van der Waals surface area contributed by atoms with E-state index < -0.39 is 0 Å². The monoisotopic (exact) mass is 538 g/mol. The minimum absolute atomic E-state index is 0.0426. The number of nitrogens with zero attached hydrogens (tertiary/aromatic N) is 2. The standard InChI is InChI=1S/C28H20N4O2P2S/c33-13-35-27-29-12-23(31-27)16-1-2-18-11-25(37-24(18)10-16)17-4-5-19-15(9-17)3-6-21-20(19)7-8-22-26(21)32-28(30-22)36-14-34/h1-6,9-14,35-36H,7-8H2,(H,29,31)(H,30,32). The van der Waals surface area contributed by atoms with E-state index in [0.717, 1.165) is 53.1 Å². The third-order valence-corrected chi connectivity index (χ3v) is 9.29. The number of imidazole rings is 2. The number of aromatic amines is 2. The molecule has 2 N–H and O–H groups in total. The van der Waals surface area contributed by atoms with Crippen molar-refractivity contribution in [1.82, 2.24) is 19.9 Å². The molecule has 37 heavy (non-hydrogen) atoms. The van der Waals surface area contributed by atoms with E-state index in [1.54, 1.807) is 17.5 Å². The number of aromatic nitrogens is 4. The second-order valence-electron chi connectivity index (χ2n) is 8.97. The van der Waals surface area contributed by atoms with E-state index in [1.807, 2.05) is 0 Å². The zero-order valence-electron chi connectivity index (χ0n) is 19.5. The SMILES string of the molecule is O=CPc1ncc(-c2ccc3cc(-c4ccc5c6c(ccc5c4)-c4nc(PC=O)[nH]c4CC6)sc3c2)[nH]1. The molecule has 1 aliphatic carbocycles. The van der Waals surface area contributed by atoms with Gasteiger partial charge in [-0.25, -0.2) is 9.97 Å². The molecule has 0 spiro atoms. The molecule has 0 amide bonds. The lowest BCUT2D eigenvalue weighted by Gasteiger charge is -2.18. The summed E-state index contributed by atoms with van der Waals surface area (Å²) < 4.78 is 1.21. The van der Waals surface area contributed by atoms with Gasteiger partial charge in [-0.3, -0.25) is 9.59 Å². The Balaban J connectivity index is 1.24. The summed E-state index contributed by atoms with van der Waals surface area (Å²) in [7, 11) is 0.105. The number of hydrogen-bond acceptors (Lipinski definition) is 5. The van der Waals surface area contributed by atoms with Crippen molar-refractivity contribution in [2.45, 2.75) is 12.8 Å². The van der Waals surface area contributed by atoms with E-state index >= 15 is 0 Å². The van der Waals surface area contributed by atoms with Crippen LogP contribution in [-0.4, -0.2) is 32.0 Å². The van der Waals surface area contributed by atoms with Gasteiger partial charge in [0.15, 0.2) is 0 Å². The molecule has 0 saturated heterocycles. The topological polar surface area (TPSA) is 91.5 Å². The number of carbonyl (C=O) groups is 2. The Morgan fingerprint density at radius 2 is 1.68 bits per heavy atom. The van der Waals surface area contributed by atoms with Crippen LogP contribution in [0.5, 0.6) is 0 Å². The number of benzene rings is 3. The summed E-state index contributed by atoms with van der Waals surface area (Å²) in [6, 6.07) is 21.6. The summed E-state index contributed by atoms with van der Waals surface area (Å²) in [5.41, 5.74) is 9.30. The maximum atomic E-state index is 11.0. The zero-order chi connectivity index (χ0) is 24.9. The van der Waals surface area contributed by atoms with Gasteiger partial charge in [0.05, 0.1) is 17.6 Å². The molecule has 7 rings (SSSR count). The highest BCUT2D eigenvalue weighted by Gasteiger charge is 2.22. The molecule has 1 aliphatic rings. The number of aryl methyl sites for hydroxylation is 2. The number of fused-ring (bicyclic) bond motifs is 6. The van der Waals surface area contributed by atoms with Crippen molar-refractivity contribution < 1.29 is 9.59 Å². The molecule has 0 fully saturated rings. The van der Waals surface area contributed by atoms with Crippen LogP contribution in [0.25, 0.3) is 53.8 Å². The van der Waals surface area contributed by atoms with E-state index in [4.69, 9.17) is 4.98 Å². The van der Waals surface area contributed by atoms with Crippen LogP contribution in [0.1, 0.15) is 11.3 Å². The van der Waals surface area contributed by atoms with Crippen molar-refractivity contribution in [3.63, 3.8) is 0 Å².